The zero-order valence-corrected chi connectivity index (χ0v) is 19.5. The molecule has 160 valence electrons. The van der Waals surface area contributed by atoms with Gasteiger partial charge in [0.15, 0.2) is 0 Å². The fourth-order valence-electron chi connectivity index (χ4n) is 3.80. The van der Waals surface area contributed by atoms with E-state index < -0.39 is 0 Å². The van der Waals surface area contributed by atoms with Crippen LogP contribution in [-0.4, -0.2) is 14.5 Å². The highest BCUT2D eigenvalue weighted by Crippen LogP contribution is 2.37. The van der Waals surface area contributed by atoms with Crippen molar-refractivity contribution in [2.75, 3.05) is 0 Å². The predicted molar refractivity (Wildman–Crippen MR) is 132 cm³/mol. The van der Waals surface area contributed by atoms with Crippen LogP contribution in [0.15, 0.2) is 79.3 Å². The third-order valence-corrected chi connectivity index (χ3v) is 5.29. The molecular formula is C28H33N3. The maximum atomic E-state index is 4.69. The van der Waals surface area contributed by atoms with Crippen molar-refractivity contribution in [2.24, 2.45) is 0 Å². The first-order valence-electron chi connectivity index (χ1n) is 11.2. The predicted octanol–water partition coefficient (Wildman–Crippen LogP) is 7.87. The van der Waals surface area contributed by atoms with Crippen molar-refractivity contribution in [1.29, 1.82) is 0 Å². The Labute approximate surface area is 186 Å². The number of aromatic nitrogens is 3. The minimum absolute atomic E-state index is 0.372. The molecule has 0 bridgehead atoms. The van der Waals surface area contributed by atoms with E-state index in [1.165, 1.54) is 22.4 Å². The number of rotatable bonds is 5. The highest BCUT2D eigenvalue weighted by Gasteiger charge is 2.20. The second-order valence-electron chi connectivity index (χ2n) is 8.01. The molecule has 0 N–H and O–H groups in total. The minimum atomic E-state index is 0.372. The lowest BCUT2D eigenvalue weighted by Crippen LogP contribution is -2.09. The summed E-state index contributed by atoms with van der Waals surface area (Å²) in [6.45, 7) is 13.0. The summed E-state index contributed by atoms with van der Waals surface area (Å²) in [4.78, 5) is 9.28. The molecule has 3 heteroatoms. The zero-order valence-electron chi connectivity index (χ0n) is 19.5. The fraction of sp³-hybridized carbons (Fsp3) is 0.286. The molecule has 31 heavy (non-hydrogen) atoms. The molecule has 2 aromatic carbocycles. The first-order valence-corrected chi connectivity index (χ1v) is 11.2. The Bertz CT molecular complexity index is 1060. The van der Waals surface area contributed by atoms with Crippen LogP contribution in [0.5, 0.6) is 0 Å². The molecule has 0 aliphatic heterocycles. The van der Waals surface area contributed by atoms with Crippen molar-refractivity contribution in [3.63, 3.8) is 0 Å². The molecule has 2 aromatic heterocycles. The topological polar surface area (TPSA) is 30.7 Å². The van der Waals surface area contributed by atoms with Crippen LogP contribution < -0.4 is 0 Å². The minimum Gasteiger partial charge on any atom is -0.299 e. The van der Waals surface area contributed by atoms with Gasteiger partial charge in [0.25, 0.3) is 0 Å². The number of imidazole rings is 1. The Morgan fingerprint density at radius 1 is 0.677 bits per heavy atom. The summed E-state index contributed by atoms with van der Waals surface area (Å²) in [7, 11) is 0. The molecule has 0 atom stereocenters. The highest BCUT2D eigenvalue weighted by molar-refractivity contribution is 5.69. The van der Waals surface area contributed by atoms with Gasteiger partial charge in [0.05, 0.1) is 11.4 Å². The van der Waals surface area contributed by atoms with Crippen LogP contribution >= 0.6 is 0 Å². The molecule has 4 aromatic rings. The van der Waals surface area contributed by atoms with Crippen molar-refractivity contribution in [1.82, 2.24) is 14.5 Å². The summed E-state index contributed by atoms with van der Waals surface area (Å²) in [5.41, 5.74) is 7.17. The molecule has 0 unspecified atom stereocenters. The fourth-order valence-corrected chi connectivity index (χ4v) is 3.80. The Hall–Kier alpha value is -3.20. The van der Waals surface area contributed by atoms with Gasteiger partial charge in [0, 0.05) is 29.7 Å². The Kier molecular flexibility index (Phi) is 7.41. The Morgan fingerprint density at radius 3 is 1.84 bits per heavy atom. The summed E-state index contributed by atoms with van der Waals surface area (Å²) in [6, 6.07) is 21.1. The lowest BCUT2D eigenvalue weighted by atomic mass is 9.89. The molecule has 0 saturated heterocycles. The number of benzene rings is 2. The van der Waals surface area contributed by atoms with Crippen molar-refractivity contribution >= 4 is 0 Å². The van der Waals surface area contributed by atoms with E-state index in [0.717, 1.165) is 17.1 Å². The van der Waals surface area contributed by atoms with Crippen LogP contribution in [0.3, 0.4) is 0 Å². The lowest BCUT2D eigenvalue weighted by Gasteiger charge is -2.23. The first kappa shape index (κ1) is 22.5. The molecule has 0 radical (unpaired) electrons. The van der Waals surface area contributed by atoms with E-state index in [9.17, 15) is 0 Å². The van der Waals surface area contributed by atoms with E-state index in [1.54, 1.807) is 0 Å². The van der Waals surface area contributed by atoms with Gasteiger partial charge in [-0.3, -0.25) is 9.55 Å². The molecule has 3 nitrogen and oxygen atoms in total. The van der Waals surface area contributed by atoms with Crippen LogP contribution in [0.2, 0.25) is 0 Å². The lowest BCUT2D eigenvalue weighted by molar-refractivity contribution is 0.807. The SMILES string of the molecule is CC.CC(C)c1cc(-c2ccccn2)cc(C(C)C)c1-n1ccnc1-c1ccccc1. The molecule has 0 spiro atoms. The van der Waals surface area contributed by atoms with Gasteiger partial charge in [0.1, 0.15) is 5.82 Å². The molecule has 0 fully saturated rings. The van der Waals surface area contributed by atoms with Crippen LogP contribution in [0.1, 0.15) is 64.5 Å². The summed E-state index contributed by atoms with van der Waals surface area (Å²) in [6.07, 6.45) is 5.83. The Balaban J connectivity index is 0.00000132. The number of pyridine rings is 1. The Morgan fingerprint density at radius 2 is 1.29 bits per heavy atom. The summed E-state index contributed by atoms with van der Waals surface area (Å²) in [5, 5.41) is 0. The van der Waals surface area contributed by atoms with Crippen LogP contribution in [-0.2, 0) is 0 Å². The largest absolute Gasteiger partial charge is 0.299 e. The smallest absolute Gasteiger partial charge is 0.144 e. The zero-order chi connectivity index (χ0) is 22.4. The van der Waals surface area contributed by atoms with E-state index >= 15 is 0 Å². The summed E-state index contributed by atoms with van der Waals surface area (Å²) >= 11 is 0. The van der Waals surface area contributed by atoms with Gasteiger partial charge >= 0.3 is 0 Å². The normalized spacial score (nSPS) is 10.8. The van der Waals surface area contributed by atoms with Crippen molar-refractivity contribution in [3.05, 3.63) is 90.4 Å². The standard InChI is InChI=1S/C26H27N3.C2H6/c1-18(2)22-16-21(24-12-8-9-13-27-24)17-23(19(3)4)25(22)29-15-14-28-26(29)20-10-6-5-7-11-20;1-2/h5-19H,1-4H3;1-2H3. The molecular weight excluding hydrogens is 378 g/mol. The monoisotopic (exact) mass is 411 g/mol. The number of hydrogen-bond acceptors (Lipinski definition) is 2. The van der Waals surface area contributed by atoms with Gasteiger partial charge in [-0.2, -0.15) is 0 Å². The van der Waals surface area contributed by atoms with E-state index in [4.69, 9.17) is 4.98 Å². The molecule has 4 rings (SSSR count). The van der Waals surface area contributed by atoms with Gasteiger partial charge in [-0.05, 0) is 47.2 Å². The molecule has 0 aliphatic rings. The van der Waals surface area contributed by atoms with Gasteiger partial charge in [0.2, 0.25) is 0 Å². The van der Waals surface area contributed by atoms with Crippen LogP contribution in [0, 0.1) is 0 Å². The maximum Gasteiger partial charge on any atom is 0.144 e. The van der Waals surface area contributed by atoms with Crippen molar-refractivity contribution < 1.29 is 0 Å². The van der Waals surface area contributed by atoms with E-state index in [0.29, 0.717) is 11.8 Å². The highest BCUT2D eigenvalue weighted by atomic mass is 15.1. The second-order valence-corrected chi connectivity index (χ2v) is 8.01. The molecule has 0 amide bonds. The van der Waals surface area contributed by atoms with E-state index in [2.05, 4.69) is 85.9 Å². The molecule has 0 saturated carbocycles. The van der Waals surface area contributed by atoms with Crippen LogP contribution in [0.25, 0.3) is 28.3 Å². The molecule has 2 heterocycles. The quantitative estimate of drug-likeness (QED) is 0.334. The van der Waals surface area contributed by atoms with Gasteiger partial charge in [-0.1, -0.05) is 77.9 Å². The van der Waals surface area contributed by atoms with E-state index in [-0.39, 0.29) is 0 Å². The summed E-state index contributed by atoms with van der Waals surface area (Å²) in [5.74, 6) is 1.72. The summed E-state index contributed by atoms with van der Waals surface area (Å²) < 4.78 is 2.25. The van der Waals surface area contributed by atoms with Gasteiger partial charge < -0.3 is 0 Å². The van der Waals surface area contributed by atoms with E-state index in [1.807, 2.05) is 44.4 Å². The third-order valence-electron chi connectivity index (χ3n) is 5.29. The van der Waals surface area contributed by atoms with Gasteiger partial charge in [-0.15, -0.1) is 0 Å². The average Bonchev–Trinajstić information content (AvgIpc) is 3.30. The van der Waals surface area contributed by atoms with Crippen molar-refractivity contribution in [3.8, 4) is 28.3 Å². The number of hydrogen-bond donors (Lipinski definition) is 0. The molecule has 0 aliphatic carbocycles. The van der Waals surface area contributed by atoms with Crippen molar-refractivity contribution in [2.45, 2.75) is 53.4 Å². The number of nitrogens with zero attached hydrogens (tertiary/aromatic N) is 3. The first-order chi connectivity index (χ1) is 15.1. The average molecular weight is 412 g/mol. The van der Waals surface area contributed by atoms with Gasteiger partial charge in [-0.25, -0.2) is 4.98 Å². The van der Waals surface area contributed by atoms with Crippen LogP contribution in [0.4, 0.5) is 0 Å². The second kappa shape index (κ2) is 10.2. The maximum absolute atomic E-state index is 4.69. The third kappa shape index (κ3) is 4.77.